The third-order valence-electron chi connectivity index (χ3n) is 7.44. The summed E-state index contributed by atoms with van der Waals surface area (Å²) in [6.07, 6.45) is 2.70. The van der Waals surface area contributed by atoms with Gasteiger partial charge in [0.25, 0.3) is 5.91 Å². The first-order chi connectivity index (χ1) is 13.8. The molecule has 29 heavy (non-hydrogen) atoms. The van der Waals surface area contributed by atoms with Crippen LogP contribution >= 0.6 is 0 Å². The van der Waals surface area contributed by atoms with Crippen LogP contribution in [0.15, 0.2) is 18.2 Å². The summed E-state index contributed by atoms with van der Waals surface area (Å²) < 4.78 is 13.9. The number of hydrogen-bond acceptors (Lipinski definition) is 3. The van der Waals surface area contributed by atoms with E-state index in [0.717, 1.165) is 38.9 Å². The number of piperidine rings is 1. The van der Waals surface area contributed by atoms with Crippen molar-refractivity contribution in [3.05, 3.63) is 35.1 Å². The molecule has 0 radical (unpaired) electrons. The third kappa shape index (κ3) is 3.67. The Balaban J connectivity index is 1.42. The van der Waals surface area contributed by atoms with Gasteiger partial charge in [-0.25, -0.2) is 4.39 Å². The summed E-state index contributed by atoms with van der Waals surface area (Å²) in [6, 6.07) is 4.68. The van der Waals surface area contributed by atoms with Crippen molar-refractivity contribution < 1.29 is 14.0 Å². The molecule has 3 fully saturated rings. The van der Waals surface area contributed by atoms with Crippen LogP contribution in [0.3, 0.4) is 0 Å². The minimum Gasteiger partial charge on any atom is -0.350 e. The van der Waals surface area contributed by atoms with Gasteiger partial charge in [-0.2, -0.15) is 0 Å². The second-order valence-corrected chi connectivity index (χ2v) is 9.35. The van der Waals surface area contributed by atoms with Crippen molar-refractivity contribution in [1.82, 2.24) is 15.1 Å². The number of hydrogen-bond donors (Lipinski definition) is 1. The molecule has 0 aliphatic carbocycles. The van der Waals surface area contributed by atoms with Crippen molar-refractivity contribution >= 4 is 11.8 Å². The normalized spacial score (nSPS) is 27.2. The van der Waals surface area contributed by atoms with E-state index >= 15 is 0 Å². The van der Waals surface area contributed by atoms with Crippen LogP contribution in [-0.2, 0) is 4.79 Å². The van der Waals surface area contributed by atoms with Crippen molar-refractivity contribution in [2.24, 2.45) is 17.8 Å². The van der Waals surface area contributed by atoms with E-state index in [-0.39, 0.29) is 29.1 Å². The van der Waals surface area contributed by atoms with E-state index in [1.165, 1.54) is 6.07 Å². The zero-order chi connectivity index (χ0) is 20.8. The number of benzene rings is 1. The van der Waals surface area contributed by atoms with Gasteiger partial charge in [-0.15, -0.1) is 0 Å². The Hall–Kier alpha value is -1.95. The van der Waals surface area contributed by atoms with E-state index in [1.807, 2.05) is 0 Å². The lowest BCUT2D eigenvalue weighted by molar-refractivity contribution is -0.123. The Labute approximate surface area is 172 Å². The Kier molecular flexibility index (Phi) is 5.40. The monoisotopic (exact) mass is 401 g/mol. The van der Waals surface area contributed by atoms with Gasteiger partial charge in [-0.3, -0.25) is 9.59 Å². The Morgan fingerprint density at radius 2 is 2.03 bits per heavy atom. The molecule has 3 aliphatic heterocycles. The van der Waals surface area contributed by atoms with Gasteiger partial charge in [0.15, 0.2) is 0 Å². The first kappa shape index (κ1) is 20.3. The molecule has 1 aromatic carbocycles. The van der Waals surface area contributed by atoms with Gasteiger partial charge >= 0.3 is 0 Å². The van der Waals surface area contributed by atoms with Crippen molar-refractivity contribution in [1.29, 1.82) is 0 Å². The quantitative estimate of drug-likeness (QED) is 0.844. The summed E-state index contributed by atoms with van der Waals surface area (Å²) in [5.41, 5.74) is 0.751. The molecule has 3 aliphatic rings. The zero-order valence-corrected chi connectivity index (χ0v) is 17.7. The van der Waals surface area contributed by atoms with Crippen LogP contribution in [-0.4, -0.2) is 59.9 Å². The van der Waals surface area contributed by atoms with Gasteiger partial charge in [0, 0.05) is 49.7 Å². The zero-order valence-electron chi connectivity index (χ0n) is 17.7. The summed E-state index contributed by atoms with van der Waals surface area (Å²) in [7, 11) is 0. The van der Waals surface area contributed by atoms with Gasteiger partial charge in [0.2, 0.25) is 5.91 Å². The number of aryl methyl sites for hydroxylation is 1. The standard InChI is InChI=1S/C23H32FN3O2/c1-4-15(2)12-26-13-18-19(14-26)23(25-21(18)28)7-9-27(10-8-23)22(29)17-6-5-16(3)20(24)11-17/h5-6,11,15,18-19H,4,7-10,12-14H2,1-3H3,(H,25,28)/t15-,18+,19-/m0/s1. The number of likely N-dealkylation sites (tertiary alicyclic amines) is 2. The molecule has 0 bridgehead atoms. The molecule has 0 unspecified atom stereocenters. The largest absolute Gasteiger partial charge is 0.350 e. The molecule has 1 aromatic rings. The highest BCUT2D eigenvalue weighted by Crippen LogP contribution is 2.44. The van der Waals surface area contributed by atoms with Crippen LogP contribution in [0, 0.1) is 30.5 Å². The minimum atomic E-state index is -0.345. The fraction of sp³-hybridized carbons (Fsp3) is 0.652. The average molecular weight is 402 g/mol. The number of nitrogens with zero attached hydrogens (tertiary/aromatic N) is 2. The molecule has 3 atom stereocenters. The molecule has 4 rings (SSSR count). The average Bonchev–Trinajstić information content (AvgIpc) is 3.23. The van der Waals surface area contributed by atoms with Gasteiger partial charge in [0.05, 0.1) is 5.92 Å². The molecule has 1 spiro atoms. The maximum atomic E-state index is 13.9. The maximum absolute atomic E-state index is 13.9. The number of fused-ring (bicyclic) bond motifs is 2. The molecule has 3 heterocycles. The van der Waals surface area contributed by atoms with Crippen molar-refractivity contribution in [3.63, 3.8) is 0 Å². The summed E-state index contributed by atoms with van der Waals surface area (Å²) >= 11 is 0. The number of nitrogens with one attached hydrogen (secondary N) is 1. The minimum absolute atomic E-state index is 0.0764. The molecule has 2 amide bonds. The number of carbonyl (C=O) groups is 2. The van der Waals surface area contributed by atoms with Gasteiger partial charge < -0.3 is 15.1 Å². The SMILES string of the molecule is CC[C@H](C)CN1C[C@H]2C(=O)NC3(CCN(C(=O)c4ccc(C)c(F)c4)CC3)[C@H]2C1. The molecule has 158 valence electrons. The molecule has 5 nitrogen and oxygen atoms in total. The Bertz CT molecular complexity index is 803. The fourth-order valence-corrected chi connectivity index (χ4v) is 5.37. The molecular formula is C23H32FN3O2. The van der Waals surface area contributed by atoms with Crippen LogP contribution in [0.1, 0.15) is 49.0 Å². The number of carbonyl (C=O) groups excluding carboxylic acids is 2. The number of amides is 2. The molecule has 0 saturated carbocycles. The lowest BCUT2D eigenvalue weighted by Crippen LogP contribution is -2.56. The number of halogens is 1. The molecular weight excluding hydrogens is 369 g/mol. The van der Waals surface area contributed by atoms with Crippen molar-refractivity contribution in [3.8, 4) is 0 Å². The van der Waals surface area contributed by atoms with E-state index in [1.54, 1.807) is 24.0 Å². The van der Waals surface area contributed by atoms with Gasteiger partial charge in [-0.05, 0) is 43.4 Å². The van der Waals surface area contributed by atoms with Crippen LogP contribution in [0.25, 0.3) is 0 Å². The van der Waals surface area contributed by atoms with Crippen LogP contribution in [0.5, 0.6) is 0 Å². The van der Waals surface area contributed by atoms with Gasteiger partial charge in [0.1, 0.15) is 5.82 Å². The van der Waals surface area contributed by atoms with E-state index < -0.39 is 0 Å². The predicted molar refractivity (Wildman–Crippen MR) is 110 cm³/mol. The first-order valence-electron chi connectivity index (χ1n) is 10.9. The smallest absolute Gasteiger partial charge is 0.253 e. The predicted octanol–water partition coefficient (Wildman–Crippen LogP) is 2.83. The lowest BCUT2D eigenvalue weighted by atomic mass is 9.75. The van der Waals surface area contributed by atoms with Gasteiger partial charge in [-0.1, -0.05) is 26.3 Å². The highest BCUT2D eigenvalue weighted by atomic mass is 19.1. The third-order valence-corrected chi connectivity index (χ3v) is 7.44. The summed E-state index contributed by atoms with van der Waals surface area (Å²) in [5, 5.41) is 3.31. The second kappa shape index (κ2) is 7.71. The summed E-state index contributed by atoms with van der Waals surface area (Å²) in [4.78, 5) is 29.8. The fourth-order valence-electron chi connectivity index (χ4n) is 5.37. The molecule has 6 heteroatoms. The van der Waals surface area contributed by atoms with E-state index in [0.29, 0.717) is 36.1 Å². The van der Waals surface area contributed by atoms with Crippen molar-refractivity contribution in [2.75, 3.05) is 32.7 Å². The molecule has 3 saturated heterocycles. The summed E-state index contributed by atoms with van der Waals surface area (Å²) in [5.74, 6) is 0.761. The first-order valence-corrected chi connectivity index (χ1v) is 10.9. The topological polar surface area (TPSA) is 52.7 Å². The summed E-state index contributed by atoms with van der Waals surface area (Å²) in [6.45, 7) is 10.2. The van der Waals surface area contributed by atoms with Crippen molar-refractivity contribution in [2.45, 2.75) is 45.6 Å². The van der Waals surface area contributed by atoms with Crippen LogP contribution in [0.4, 0.5) is 4.39 Å². The highest BCUT2D eigenvalue weighted by molar-refractivity contribution is 5.94. The Morgan fingerprint density at radius 3 is 2.69 bits per heavy atom. The Morgan fingerprint density at radius 1 is 1.31 bits per heavy atom. The van der Waals surface area contributed by atoms with E-state index in [4.69, 9.17) is 0 Å². The second-order valence-electron chi connectivity index (χ2n) is 9.35. The number of rotatable bonds is 4. The highest BCUT2D eigenvalue weighted by Gasteiger charge is 2.57. The lowest BCUT2D eigenvalue weighted by Gasteiger charge is -2.43. The van der Waals surface area contributed by atoms with E-state index in [2.05, 4.69) is 24.1 Å². The molecule has 0 aromatic heterocycles. The van der Waals surface area contributed by atoms with E-state index in [9.17, 15) is 14.0 Å². The van der Waals surface area contributed by atoms with Crippen LogP contribution in [0.2, 0.25) is 0 Å². The molecule has 1 N–H and O–H groups in total. The van der Waals surface area contributed by atoms with Crippen LogP contribution < -0.4 is 5.32 Å². The maximum Gasteiger partial charge on any atom is 0.253 e.